The van der Waals surface area contributed by atoms with Crippen molar-refractivity contribution in [2.75, 3.05) is 0 Å². The van der Waals surface area contributed by atoms with Crippen LogP contribution in [0, 0.1) is 0 Å². The standard InChI is InChI=1S/C64H61N3O3/c1-35(2)44-23-16-24-45(36(3)4)54(44)40-21-15-22-41(31-40)57-61-56-55-52(69-61)27-18-28-53(55)70-62(56)59(65-57)47-25-17-26-50-58(47)66-63(46-30-29-43(34-51(46)68)64(9,10)11)67(50)60-48(37(5)6)32-42(33-49(60)38(7)8)39-19-13-12-14-20-39/h12-38,68H,1-11H3. The van der Waals surface area contributed by atoms with Gasteiger partial charge in [0.05, 0.1) is 33.1 Å². The van der Waals surface area contributed by atoms with Gasteiger partial charge in [-0.1, -0.05) is 167 Å². The largest absolute Gasteiger partial charge is 0.507 e. The van der Waals surface area contributed by atoms with Gasteiger partial charge in [0.25, 0.3) is 0 Å². The second-order valence-corrected chi connectivity index (χ2v) is 21.5. The molecule has 4 aromatic heterocycles. The van der Waals surface area contributed by atoms with Crippen molar-refractivity contribution in [3.63, 3.8) is 0 Å². The summed E-state index contributed by atoms with van der Waals surface area (Å²) in [5.41, 5.74) is 20.1. The number of hydrogen-bond acceptors (Lipinski definition) is 5. The lowest BCUT2D eigenvalue weighted by molar-refractivity contribution is 0.472. The molecule has 350 valence electrons. The monoisotopic (exact) mass is 919 g/mol. The molecule has 0 unspecified atom stereocenters. The van der Waals surface area contributed by atoms with E-state index in [1.54, 1.807) is 0 Å². The summed E-state index contributed by atoms with van der Waals surface area (Å²) < 4.78 is 16.0. The Morgan fingerprint density at radius 1 is 0.486 bits per heavy atom. The summed E-state index contributed by atoms with van der Waals surface area (Å²) in [4.78, 5) is 11.3. The Labute approximate surface area is 411 Å². The molecule has 0 fully saturated rings. The van der Waals surface area contributed by atoms with Gasteiger partial charge in [-0.3, -0.25) is 4.57 Å². The molecule has 70 heavy (non-hydrogen) atoms. The van der Waals surface area contributed by atoms with Gasteiger partial charge in [-0.05, 0) is 128 Å². The molecule has 6 heteroatoms. The molecule has 1 N–H and O–H groups in total. The summed E-state index contributed by atoms with van der Waals surface area (Å²) >= 11 is 0. The van der Waals surface area contributed by atoms with Crippen LogP contribution in [-0.2, 0) is 5.41 Å². The van der Waals surface area contributed by atoms with Gasteiger partial charge >= 0.3 is 0 Å². The number of para-hydroxylation sites is 1. The summed E-state index contributed by atoms with van der Waals surface area (Å²) in [6.45, 7) is 24.6. The first kappa shape index (κ1) is 45.0. The van der Waals surface area contributed by atoms with E-state index in [2.05, 4.69) is 190 Å². The number of imidazole rings is 1. The minimum absolute atomic E-state index is 0.157. The lowest BCUT2D eigenvalue weighted by Crippen LogP contribution is -2.11. The molecule has 0 atom stereocenters. The Balaban J connectivity index is 1.22. The van der Waals surface area contributed by atoms with Gasteiger partial charge in [-0.25, -0.2) is 9.97 Å². The summed E-state index contributed by atoms with van der Waals surface area (Å²) in [6.07, 6.45) is 0. The number of rotatable bonds is 10. The highest BCUT2D eigenvalue weighted by molar-refractivity contribution is 6.25. The van der Waals surface area contributed by atoms with Crippen molar-refractivity contribution in [1.82, 2.24) is 14.5 Å². The first-order valence-corrected chi connectivity index (χ1v) is 25.0. The maximum Gasteiger partial charge on any atom is 0.165 e. The molecular formula is C64H61N3O3. The summed E-state index contributed by atoms with van der Waals surface area (Å²) in [6, 6.07) is 49.3. The van der Waals surface area contributed by atoms with Crippen molar-refractivity contribution in [3.05, 3.63) is 167 Å². The minimum atomic E-state index is -0.166. The van der Waals surface area contributed by atoms with Gasteiger partial charge in [0.15, 0.2) is 11.2 Å². The molecule has 11 aromatic rings. The number of aromatic nitrogens is 3. The summed E-state index contributed by atoms with van der Waals surface area (Å²) in [5, 5.41) is 14.0. The van der Waals surface area contributed by atoms with Crippen LogP contribution >= 0.6 is 0 Å². The molecule has 0 spiro atoms. The van der Waals surface area contributed by atoms with Crippen molar-refractivity contribution < 1.29 is 13.9 Å². The van der Waals surface area contributed by atoms with Crippen LogP contribution in [0.2, 0.25) is 0 Å². The molecule has 0 bridgehead atoms. The molecule has 0 aliphatic carbocycles. The summed E-state index contributed by atoms with van der Waals surface area (Å²) in [7, 11) is 0. The zero-order valence-corrected chi connectivity index (χ0v) is 42.2. The second-order valence-electron chi connectivity index (χ2n) is 21.5. The molecule has 7 aromatic carbocycles. The Morgan fingerprint density at radius 2 is 1.06 bits per heavy atom. The van der Waals surface area contributed by atoms with Crippen molar-refractivity contribution in [1.29, 1.82) is 0 Å². The van der Waals surface area contributed by atoms with Crippen LogP contribution in [-0.4, -0.2) is 19.6 Å². The molecular weight excluding hydrogens is 859 g/mol. The van der Waals surface area contributed by atoms with Gasteiger partial charge in [0.1, 0.15) is 34.1 Å². The molecule has 6 nitrogen and oxygen atoms in total. The van der Waals surface area contributed by atoms with Crippen LogP contribution < -0.4 is 0 Å². The SMILES string of the molecule is CC(C)c1cccc(C(C)C)c1-c1cccc(-c2nc(-c3cccc4c3nc(-c3ccc(C(C)(C)C)cc3O)n4-c3c(C(C)C)cc(-c4ccccc4)cc3C(C)C)c3oc4cccc5oc2c3c54)c1. The Morgan fingerprint density at radius 3 is 1.67 bits per heavy atom. The van der Waals surface area contributed by atoms with E-state index < -0.39 is 0 Å². The Bertz CT molecular complexity index is 3720. The molecule has 0 amide bonds. The van der Waals surface area contributed by atoms with Crippen molar-refractivity contribution in [3.8, 4) is 67.6 Å². The van der Waals surface area contributed by atoms with Gasteiger partial charge in [0, 0.05) is 11.1 Å². The number of benzene rings is 7. The van der Waals surface area contributed by atoms with Crippen LogP contribution in [0.25, 0.3) is 106 Å². The molecule has 0 aliphatic heterocycles. The minimum Gasteiger partial charge on any atom is -0.507 e. The van der Waals surface area contributed by atoms with E-state index in [0.717, 1.165) is 66.6 Å². The van der Waals surface area contributed by atoms with Gasteiger partial charge in [-0.2, -0.15) is 0 Å². The lowest BCUT2D eigenvalue weighted by Gasteiger charge is -2.25. The van der Waals surface area contributed by atoms with Crippen LogP contribution in [0.3, 0.4) is 0 Å². The fraction of sp³-hybridized carbons (Fsp3) is 0.250. The van der Waals surface area contributed by atoms with Crippen LogP contribution in [0.1, 0.15) is 128 Å². The molecule has 4 heterocycles. The van der Waals surface area contributed by atoms with Gasteiger partial charge in [0.2, 0.25) is 0 Å². The smallest absolute Gasteiger partial charge is 0.165 e. The van der Waals surface area contributed by atoms with Crippen LogP contribution in [0.4, 0.5) is 0 Å². The zero-order chi connectivity index (χ0) is 48.9. The Hall–Kier alpha value is -7.44. The highest BCUT2D eigenvalue weighted by atomic mass is 16.4. The van der Waals surface area contributed by atoms with Crippen LogP contribution in [0.5, 0.6) is 5.75 Å². The van der Waals surface area contributed by atoms with Gasteiger partial charge in [-0.15, -0.1) is 0 Å². The van der Waals surface area contributed by atoms with E-state index in [9.17, 15) is 5.11 Å². The Kier molecular flexibility index (Phi) is 10.9. The number of nitrogens with zero attached hydrogens (tertiary/aromatic N) is 3. The van der Waals surface area contributed by atoms with Gasteiger partial charge < -0.3 is 13.9 Å². The third-order valence-electron chi connectivity index (χ3n) is 14.4. The fourth-order valence-corrected chi connectivity index (χ4v) is 10.7. The molecule has 0 saturated carbocycles. The predicted molar refractivity (Wildman–Crippen MR) is 291 cm³/mol. The van der Waals surface area contributed by atoms with Crippen molar-refractivity contribution in [2.24, 2.45) is 0 Å². The third-order valence-corrected chi connectivity index (χ3v) is 14.4. The fourth-order valence-electron chi connectivity index (χ4n) is 10.7. The lowest BCUT2D eigenvalue weighted by atomic mass is 9.84. The maximum absolute atomic E-state index is 12.2. The number of pyridine rings is 1. The normalized spacial score (nSPS) is 12.5. The molecule has 0 radical (unpaired) electrons. The number of fused-ring (bicyclic) bond motifs is 1. The highest BCUT2D eigenvalue weighted by Crippen LogP contribution is 2.49. The quantitative estimate of drug-likeness (QED) is 0.148. The number of hydrogen-bond donors (Lipinski definition) is 1. The third kappa shape index (κ3) is 7.30. The first-order valence-electron chi connectivity index (χ1n) is 25.0. The molecule has 11 rings (SSSR count). The van der Waals surface area contributed by atoms with E-state index in [-0.39, 0.29) is 23.0 Å². The van der Waals surface area contributed by atoms with E-state index >= 15 is 0 Å². The molecule has 0 aliphatic rings. The molecule has 0 saturated heterocycles. The zero-order valence-electron chi connectivity index (χ0n) is 42.2. The topological polar surface area (TPSA) is 77.2 Å². The summed E-state index contributed by atoms with van der Waals surface area (Å²) in [5.74, 6) is 1.83. The van der Waals surface area contributed by atoms with E-state index in [1.807, 2.05) is 30.3 Å². The highest BCUT2D eigenvalue weighted by Gasteiger charge is 2.31. The average Bonchev–Trinajstić information content (AvgIpc) is 4.06. The van der Waals surface area contributed by atoms with E-state index in [1.165, 1.54) is 38.9 Å². The predicted octanol–water partition coefficient (Wildman–Crippen LogP) is 18.3. The second kappa shape index (κ2) is 16.9. The van der Waals surface area contributed by atoms with Crippen LogP contribution in [0.15, 0.2) is 148 Å². The first-order chi connectivity index (χ1) is 33.6. The van der Waals surface area contributed by atoms with Crippen molar-refractivity contribution in [2.45, 2.75) is 105 Å². The number of phenols is 1. The average molecular weight is 920 g/mol. The van der Waals surface area contributed by atoms with E-state index in [0.29, 0.717) is 40.1 Å². The van der Waals surface area contributed by atoms with E-state index in [4.69, 9.17) is 18.8 Å². The van der Waals surface area contributed by atoms with Crippen molar-refractivity contribution >= 4 is 44.1 Å². The number of furan rings is 2. The maximum atomic E-state index is 12.2. The number of aromatic hydroxyl groups is 1. The number of phenolic OH excluding ortho intramolecular Hbond substituents is 1.